The minimum absolute atomic E-state index is 0.225. The fourth-order valence-electron chi connectivity index (χ4n) is 1.74. The summed E-state index contributed by atoms with van der Waals surface area (Å²) < 4.78 is 12.9. The van der Waals surface area contributed by atoms with Crippen LogP contribution in [0.15, 0.2) is 60.0 Å². The zero-order valence-electron chi connectivity index (χ0n) is 10.8. The largest absolute Gasteiger partial charge is 0.373 e. The van der Waals surface area contributed by atoms with Gasteiger partial charge in [0.1, 0.15) is 10.8 Å². The molecular formula is C16H10FNO2S. The molecular weight excluding hydrogens is 289 g/mol. The van der Waals surface area contributed by atoms with Crippen molar-refractivity contribution in [2.75, 3.05) is 0 Å². The van der Waals surface area contributed by atoms with E-state index >= 15 is 0 Å². The molecule has 0 unspecified atom stereocenters. The molecule has 0 atom stereocenters. The molecule has 0 N–H and O–H groups in total. The molecule has 0 saturated heterocycles. The molecule has 0 bridgehead atoms. The number of halogens is 1. The lowest BCUT2D eigenvalue weighted by Gasteiger charge is -1.96. The van der Waals surface area contributed by atoms with Gasteiger partial charge in [-0.2, -0.15) is 9.59 Å². The Hall–Kier alpha value is -2.62. The predicted octanol–water partition coefficient (Wildman–Crippen LogP) is 4.03. The van der Waals surface area contributed by atoms with E-state index in [2.05, 4.69) is 4.98 Å². The Morgan fingerprint density at radius 1 is 0.905 bits per heavy atom. The quantitative estimate of drug-likeness (QED) is 0.717. The molecule has 0 saturated carbocycles. The molecule has 2 aromatic carbocycles. The lowest BCUT2D eigenvalue weighted by Crippen LogP contribution is -1.80. The summed E-state index contributed by atoms with van der Waals surface area (Å²) in [6.45, 7) is 0. The normalized spacial score (nSPS) is 9.38. The first-order chi connectivity index (χ1) is 10.2. The number of rotatable bonds is 2. The summed E-state index contributed by atoms with van der Waals surface area (Å²) in [7, 11) is 0. The molecule has 1 heterocycles. The topological polar surface area (TPSA) is 47.0 Å². The van der Waals surface area contributed by atoms with E-state index in [1.807, 2.05) is 35.7 Å². The summed E-state index contributed by atoms with van der Waals surface area (Å²) in [5.74, 6) is -0.225. The van der Waals surface area contributed by atoms with Crippen LogP contribution >= 0.6 is 11.3 Å². The van der Waals surface area contributed by atoms with E-state index in [1.165, 1.54) is 12.1 Å². The van der Waals surface area contributed by atoms with Crippen molar-refractivity contribution in [2.24, 2.45) is 0 Å². The van der Waals surface area contributed by atoms with Crippen molar-refractivity contribution in [1.82, 2.24) is 4.98 Å². The number of hydrogen-bond donors (Lipinski definition) is 0. The third-order valence-electron chi connectivity index (χ3n) is 2.66. The summed E-state index contributed by atoms with van der Waals surface area (Å²) in [4.78, 5) is 20.8. The maximum atomic E-state index is 12.9. The predicted molar refractivity (Wildman–Crippen MR) is 78.0 cm³/mol. The van der Waals surface area contributed by atoms with Crippen LogP contribution in [-0.4, -0.2) is 11.1 Å². The average Bonchev–Trinajstić information content (AvgIpc) is 3.00. The third-order valence-corrected chi connectivity index (χ3v) is 3.56. The number of aromatic nitrogens is 1. The smallest absolute Gasteiger partial charge is 0.236 e. The fourth-order valence-corrected chi connectivity index (χ4v) is 2.58. The summed E-state index contributed by atoms with van der Waals surface area (Å²) in [5.41, 5.74) is 2.93. The highest BCUT2D eigenvalue weighted by molar-refractivity contribution is 7.13. The SMILES string of the molecule is Fc1ccc(-c2csc(-c3ccccc3)n2)cc1.O=C=O. The summed E-state index contributed by atoms with van der Waals surface area (Å²) in [6.07, 6.45) is 0.250. The van der Waals surface area contributed by atoms with Crippen molar-refractivity contribution in [3.63, 3.8) is 0 Å². The highest BCUT2D eigenvalue weighted by Gasteiger charge is 2.06. The van der Waals surface area contributed by atoms with Crippen LogP contribution in [0.1, 0.15) is 0 Å². The van der Waals surface area contributed by atoms with Gasteiger partial charge in [0.25, 0.3) is 0 Å². The number of hydrogen-bond acceptors (Lipinski definition) is 4. The second kappa shape index (κ2) is 7.24. The van der Waals surface area contributed by atoms with E-state index < -0.39 is 0 Å². The van der Waals surface area contributed by atoms with Gasteiger partial charge in [0.15, 0.2) is 0 Å². The summed E-state index contributed by atoms with van der Waals surface area (Å²) in [6, 6.07) is 16.5. The minimum Gasteiger partial charge on any atom is -0.236 e. The number of nitrogens with zero attached hydrogens (tertiary/aromatic N) is 1. The summed E-state index contributed by atoms with van der Waals surface area (Å²) in [5, 5.41) is 2.98. The first-order valence-electron chi connectivity index (χ1n) is 6.00. The van der Waals surface area contributed by atoms with E-state index in [0.29, 0.717) is 0 Å². The van der Waals surface area contributed by atoms with E-state index in [1.54, 1.807) is 23.5 Å². The zero-order chi connectivity index (χ0) is 15.1. The molecule has 0 aliphatic carbocycles. The molecule has 3 nitrogen and oxygen atoms in total. The maximum absolute atomic E-state index is 12.9. The second-order valence-corrected chi connectivity index (χ2v) is 4.85. The van der Waals surface area contributed by atoms with Gasteiger partial charge in [0.05, 0.1) is 5.69 Å². The minimum atomic E-state index is -0.225. The van der Waals surface area contributed by atoms with Crippen molar-refractivity contribution >= 4 is 17.5 Å². The molecule has 3 aromatic rings. The Labute approximate surface area is 124 Å². The van der Waals surface area contributed by atoms with Crippen LogP contribution in [0.25, 0.3) is 21.8 Å². The van der Waals surface area contributed by atoms with Crippen molar-refractivity contribution in [1.29, 1.82) is 0 Å². The Bertz CT molecular complexity index is 732. The monoisotopic (exact) mass is 299 g/mol. The fraction of sp³-hybridized carbons (Fsp3) is 0. The number of thiazole rings is 1. The Morgan fingerprint density at radius 3 is 2.14 bits per heavy atom. The standard InChI is InChI=1S/C15H10FNS.CO2/c16-13-8-6-11(7-9-13)14-10-18-15(17-14)12-4-2-1-3-5-12;2-1-3/h1-10H;. The number of benzene rings is 2. The van der Waals surface area contributed by atoms with E-state index in [-0.39, 0.29) is 12.0 Å². The van der Waals surface area contributed by atoms with Gasteiger partial charge in [-0.1, -0.05) is 30.3 Å². The molecule has 0 aliphatic heterocycles. The van der Waals surface area contributed by atoms with Gasteiger partial charge in [-0.25, -0.2) is 9.37 Å². The maximum Gasteiger partial charge on any atom is 0.373 e. The zero-order valence-corrected chi connectivity index (χ0v) is 11.6. The lowest BCUT2D eigenvalue weighted by atomic mass is 10.2. The molecule has 0 fully saturated rings. The molecule has 0 spiro atoms. The van der Waals surface area contributed by atoms with E-state index in [9.17, 15) is 4.39 Å². The van der Waals surface area contributed by atoms with Crippen molar-refractivity contribution in [3.8, 4) is 21.8 Å². The Balaban J connectivity index is 0.000000497. The lowest BCUT2D eigenvalue weighted by molar-refractivity contribution is -0.191. The van der Waals surface area contributed by atoms with Crippen LogP contribution in [0.4, 0.5) is 4.39 Å². The van der Waals surface area contributed by atoms with Crippen LogP contribution in [-0.2, 0) is 9.59 Å². The molecule has 0 amide bonds. The highest BCUT2D eigenvalue weighted by Crippen LogP contribution is 2.28. The van der Waals surface area contributed by atoms with Crippen LogP contribution in [0, 0.1) is 5.82 Å². The molecule has 3 rings (SSSR count). The third kappa shape index (κ3) is 3.92. The van der Waals surface area contributed by atoms with Crippen LogP contribution in [0.5, 0.6) is 0 Å². The van der Waals surface area contributed by atoms with Gasteiger partial charge in [-0.3, -0.25) is 0 Å². The second-order valence-electron chi connectivity index (χ2n) is 3.99. The average molecular weight is 299 g/mol. The van der Waals surface area contributed by atoms with E-state index in [4.69, 9.17) is 9.59 Å². The van der Waals surface area contributed by atoms with Crippen LogP contribution in [0.3, 0.4) is 0 Å². The highest BCUT2D eigenvalue weighted by atomic mass is 32.1. The van der Waals surface area contributed by atoms with Gasteiger partial charge in [-0.05, 0) is 24.3 Å². The molecule has 5 heteroatoms. The molecule has 1 aromatic heterocycles. The first kappa shape index (κ1) is 14.8. The van der Waals surface area contributed by atoms with Crippen molar-refractivity contribution in [2.45, 2.75) is 0 Å². The Kier molecular flexibility index (Phi) is 5.10. The van der Waals surface area contributed by atoms with E-state index in [0.717, 1.165) is 21.8 Å². The number of carbonyl (C=O) groups excluding carboxylic acids is 2. The molecule has 104 valence electrons. The molecule has 0 radical (unpaired) electrons. The Morgan fingerprint density at radius 2 is 1.52 bits per heavy atom. The van der Waals surface area contributed by atoms with Gasteiger partial charge < -0.3 is 0 Å². The van der Waals surface area contributed by atoms with Crippen LogP contribution < -0.4 is 0 Å². The summed E-state index contributed by atoms with van der Waals surface area (Å²) >= 11 is 1.60. The van der Waals surface area contributed by atoms with Gasteiger partial charge in [-0.15, -0.1) is 11.3 Å². The van der Waals surface area contributed by atoms with Crippen molar-refractivity contribution < 1.29 is 14.0 Å². The van der Waals surface area contributed by atoms with Gasteiger partial charge in [0.2, 0.25) is 0 Å². The van der Waals surface area contributed by atoms with Crippen LogP contribution in [0.2, 0.25) is 0 Å². The van der Waals surface area contributed by atoms with Gasteiger partial charge in [0, 0.05) is 16.5 Å². The first-order valence-corrected chi connectivity index (χ1v) is 6.88. The molecule has 0 aliphatic rings. The van der Waals surface area contributed by atoms with Gasteiger partial charge >= 0.3 is 6.15 Å². The van der Waals surface area contributed by atoms with Crippen molar-refractivity contribution in [3.05, 3.63) is 65.8 Å². The molecule has 21 heavy (non-hydrogen) atoms.